The van der Waals surface area contributed by atoms with Crippen molar-refractivity contribution in [3.63, 3.8) is 0 Å². The van der Waals surface area contributed by atoms with E-state index >= 15 is 0 Å². The second kappa shape index (κ2) is 9.03. The molecule has 0 heterocycles. The predicted molar refractivity (Wildman–Crippen MR) is 94.8 cm³/mol. The Morgan fingerprint density at radius 2 is 1.79 bits per heavy atom. The lowest BCUT2D eigenvalue weighted by Crippen LogP contribution is -2.20. The van der Waals surface area contributed by atoms with Crippen LogP contribution in [0.4, 0.5) is 5.69 Å². The number of carbonyl (C=O) groups excluding carboxylic acids is 2. The van der Waals surface area contributed by atoms with Gasteiger partial charge in [0.15, 0.2) is 0 Å². The van der Waals surface area contributed by atoms with Crippen molar-refractivity contribution < 1.29 is 14.8 Å². The normalized spacial score (nSPS) is 11.9. The zero-order valence-corrected chi connectivity index (χ0v) is 13.9. The highest BCUT2D eigenvalue weighted by molar-refractivity contribution is 6.02. The van der Waals surface area contributed by atoms with Crippen molar-refractivity contribution in [1.29, 1.82) is 0 Å². The number of hydrogen-bond donors (Lipinski definition) is 3. The number of unbranched alkanes of at least 4 members (excludes halogenated alkanes) is 2. The van der Waals surface area contributed by atoms with Gasteiger partial charge in [-0.2, -0.15) is 0 Å². The molecule has 0 aliphatic rings. The molecule has 128 valence electrons. The van der Waals surface area contributed by atoms with Crippen LogP contribution < -0.4 is 10.8 Å². The predicted octanol–water partition coefficient (Wildman–Crippen LogP) is 3.87. The Morgan fingerprint density at radius 3 is 2.58 bits per heavy atom. The summed E-state index contributed by atoms with van der Waals surface area (Å²) in [5.41, 5.74) is 2.46. The number of benzene rings is 2. The molecule has 0 bridgehead atoms. The number of carbonyl (C=O) groups is 2. The Hall–Kier alpha value is -2.40. The van der Waals surface area contributed by atoms with Gasteiger partial charge in [-0.25, -0.2) is 5.48 Å². The van der Waals surface area contributed by atoms with Gasteiger partial charge in [-0.1, -0.05) is 56.2 Å². The van der Waals surface area contributed by atoms with Crippen LogP contribution in [0.2, 0.25) is 0 Å². The molecule has 0 spiro atoms. The number of anilines is 1. The first-order valence-corrected chi connectivity index (χ1v) is 8.33. The number of amides is 2. The molecule has 2 amide bonds. The van der Waals surface area contributed by atoms with E-state index in [0.717, 1.165) is 35.7 Å². The first-order chi connectivity index (χ1) is 11.6. The average Bonchev–Trinajstić information content (AvgIpc) is 2.61. The van der Waals surface area contributed by atoms with Crippen LogP contribution in [0.15, 0.2) is 42.5 Å². The van der Waals surface area contributed by atoms with E-state index in [4.69, 9.17) is 5.21 Å². The standard InChI is InChI=1S/C19H24N2O3/c1-14(8-3-2-4-13-18(22)21-24)19(23)20-17-12-7-10-15-9-5-6-11-16(15)17/h5-7,9-12,14,24H,2-4,8,13H2,1H3,(H,20,23)(H,21,22). The molecule has 0 aromatic heterocycles. The van der Waals surface area contributed by atoms with Gasteiger partial charge in [0, 0.05) is 23.4 Å². The van der Waals surface area contributed by atoms with E-state index in [0.29, 0.717) is 12.8 Å². The third-order valence-electron chi connectivity index (χ3n) is 4.16. The Labute approximate surface area is 142 Å². The molecule has 24 heavy (non-hydrogen) atoms. The second-order valence-corrected chi connectivity index (χ2v) is 6.05. The summed E-state index contributed by atoms with van der Waals surface area (Å²) < 4.78 is 0. The highest BCUT2D eigenvalue weighted by Gasteiger charge is 2.13. The highest BCUT2D eigenvalue weighted by atomic mass is 16.5. The van der Waals surface area contributed by atoms with Crippen LogP contribution >= 0.6 is 0 Å². The molecule has 0 fully saturated rings. The van der Waals surface area contributed by atoms with Crippen LogP contribution in [-0.2, 0) is 9.59 Å². The lowest BCUT2D eigenvalue weighted by Gasteiger charge is -2.13. The van der Waals surface area contributed by atoms with Crippen LogP contribution in [0.1, 0.15) is 39.0 Å². The number of nitrogens with one attached hydrogen (secondary N) is 2. The molecular weight excluding hydrogens is 304 g/mol. The van der Waals surface area contributed by atoms with E-state index in [2.05, 4.69) is 5.32 Å². The van der Waals surface area contributed by atoms with Crippen molar-refractivity contribution in [3.8, 4) is 0 Å². The Morgan fingerprint density at radius 1 is 1.04 bits per heavy atom. The summed E-state index contributed by atoms with van der Waals surface area (Å²) in [5.74, 6) is -0.438. The second-order valence-electron chi connectivity index (χ2n) is 6.05. The molecule has 5 nitrogen and oxygen atoms in total. The summed E-state index contributed by atoms with van der Waals surface area (Å²) in [7, 11) is 0. The summed E-state index contributed by atoms with van der Waals surface area (Å²) in [6, 6.07) is 13.8. The monoisotopic (exact) mass is 328 g/mol. The van der Waals surface area contributed by atoms with Crippen LogP contribution in [0, 0.1) is 5.92 Å². The maximum Gasteiger partial charge on any atom is 0.243 e. The van der Waals surface area contributed by atoms with Gasteiger partial charge in [0.25, 0.3) is 0 Å². The first kappa shape index (κ1) is 17.9. The number of hydrogen-bond acceptors (Lipinski definition) is 3. The van der Waals surface area contributed by atoms with Gasteiger partial charge in [-0.15, -0.1) is 0 Å². The quantitative estimate of drug-likeness (QED) is 0.391. The summed E-state index contributed by atoms with van der Waals surface area (Å²) in [6.07, 6.45) is 3.54. The Bertz CT molecular complexity index is 695. The van der Waals surface area contributed by atoms with Crippen molar-refractivity contribution in [3.05, 3.63) is 42.5 Å². The summed E-state index contributed by atoms with van der Waals surface area (Å²) >= 11 is 0. The minimum absolute atomic E-state index is 0.0134. The van der Waals surface area contributed by atoms with Crippen LogP contribution in [-0.4, -0.2) is 17.0 Å². The van der Waals surface area contributed by atoms with Crippen LogP contribution in [0.25, 0.3) is 10.8 Å². The molecule has 0 aliphatic carbocycles. The lowest BCUT2D eigenvalue weighted by molar-refractivity contribution is -0.129. The largest absolute Gasteiger partial charge is 0.325 e. The minimum atomic E-state index is -0.364. The molecule has 3 N–H and O–H groups in total. The van der Waals surface area contributed by atoms with E-state index in [1.165, 1.54) is 0 Å². The van der Waals surface area contributed by atoms with Gasteiger partial charge in [0.1, 0.15) is 0 Å². The van der Waals surface area contributed by atoms with Crippen LogP contribution in [0.5, 0.6) is 0 Å². The Kier molecular flexibility index (Phi) is 6.75. The van der Waals surface area contributed by atoms with E-state index in [1.54, 1.807) is 5.48 Å². The third-order valence-corrected chi connectivity index (χ3v) is 4.16. The number of fused-ring (bicyclic) bond motifs is 1. The van der Waals surface area contributed by atoms with E-state index < -0.39 is 0 Å². The summed E-state index contributed by atoms with van der Waals surface area (Å²) in [4.78, 5) is 23.3. The van der Waals surface area contributed by atoms with Crippen molar-refractivity contribution >= 4 is 28.3 Å². The SMILES string of the molecule is CC(CCCCCC(=O)NO)C(=O)Nc1cccc2ccccc12. The Balaban J connectivity index is 1.82. The van der Waals surface area contributed by atoms with Gasteiger partial charge < -0.3 is 5.32 Å². The molecule has 1 unspecified atom stereocenters. The fourth-order valence-corrected chi connectivity index (χ4v) is 2.69. The fourth-order valence-electron chi connectivity index (χ4n) is 2.69. The topological polar surface area (TPSA) is 78.4 Å². The van der Waals surface area contributed by atoms with Crippen LogP contribution in [0.3, 0.4) is 0 Å². The molecule has 5 heteroatoms. The molecule has 0 aliphatic heterocycles. The smallest absolute Gasteiger partial charge is 0.243 e. The lowest BCUT2D eigenvalue weighted by atomic mass is 10.0. The first-order valence-electron chi connectivity index (χ1n) is 8.33. The summed E-state index contributed by atoms with van der Waals surface area (Å²) in [5, 5.41) is 13.6. The average molecular weight is 328 g/mol. The van der Waals surface area contributed by atoms with Crippen molar-refractivity contribution in [1.82, 2.24) is 5.48 Å². The number of hydroxylamine groups is 1. The van der Waals surface area contributed by atoms with E-state index in [-0.39, 0.29) is 17.7 Å². The fraction of sp³-hybridized carbons (Fsp3) is 0.368. The summed E-state index contributed by atoms with van der Waals surface area (Å²) in [6.45, 7) is 1.92. The molecule has 2 rings (SSSR count). The molecule has 2 aromatic carbocycles. The van der Waals surface area contributed by atoms with Gasteiger partial charge in [0.2, 0.25) is 11.8 Å². The third kappa shape index (κ3) is 5.06. The molecule has 0 radical (unpaired) electrons. The van der Waals surface area contributed by atoms with E-state index in [9.17, 15) is 9.59 Å². The zero-order chi connectivity index (χ0) is 17.4. The van der Waals surface area contributed by atoms with E-state index in [1.807, 2.05) is 49.4 Å². The van der Waals surface area contributed by atoms with Gasteiger partial charge in [-0.05, 0) is 24.3 Å². The van der Waals surface area contributed by atoms with Gasteiger partial charge >= 0.3 is 0 Å². The maximum absolute atomic E-state index is 12.4. The molecule has 0 saturated heterocycles. The molecular formula is C19H24N2O3. The van der Waals surface area contributed by atoms with Crippen molar-refractivity contribution in [2.24, 2.45) is 5.92 Å². The minimum Gasteiger partial charge on any atom is -0.325 e. The number of rotatable bonds is 8. The van der Waals surface area contributed by atoms with Gasteiger partial charge in [0.05, 0.1) is 0 Å². The molecule has 1 atom stereocenters. The van der Waals surface area contributed by atoms with Crippen molar-refractivity contribution in [2.75, 3.05) is 5.32 Å². The van der Waals surface area contributed by atoms with Crippen molar-refractivity contribution in [2.45, 2.75) is 39.0 Å². The molecule has 0 saturated carbocycles. The highest BCUT2D eigenvalue weighted by Crippen LogP contribution is 2.24. The zero-order valence-electron chi connectivity index (χ0n) is 13.9. The molecule has 2 aromatic rings. The van der Waals surface area contributed by atoms with Gasteiger partial charge in [-0.3, -0.25) is 14.8 Å². The maximum atomic E-state index is 12.4.